The molecule has 0 saturated heterocycles. The maximum Gasteiger partial charge on any atom is 0.160 e. The van der Waals surface area contributed by atoms with E-state index in [2.05, 4.69) is 43.1 Å². The zero-order valence-electron chi connectivity index (χ0n) is 19.0. The zero-order chi connectivity index (χ0) is 23.4. The highest BCUT2D eigenvalue weighted by Gasteiger charge is 2.20. The standard InChI is InChI=1S/C28H29ClN2O/c1-7-22-17-31(16-19(4)30-25-11-8-23(9-12-25)18(2)3)20(5)14-27(22)28-15-24(29)10-13-26(28)21(6)32/h8-15,17,30H,2,4-5,7,16H2,1,3,6H3. The summed E-state index contributed by atoms with van der Waals surface area (Å²) < 4.78 is 0. The first-order chi connectivity index (χ1) is 15.2. The Balaban J connectivity index is 1.80. The second-order valence-electron chi connectivity index (χ2n) is 8.02. The number of anilines is 1. The van der Waals surface area contributed by atoms with Gasteiger partial charge in [-0.15, -0.1) is 0 Å². The fraction of sp³-hybridized carbons (Fsp3) is 0.179. The van der Waals surface area contributed by atoms with Crippen molar-refractivity contribution in [3.05, 3.63) is 113 Å². The maximum absolute atomic E-state index is 12.2. The molecule has 0 spiro atoms. The maximum atomic E-state index is 12.2. The van der Waals surface area contributed by atoms with Crippen LogP contribution in [-0.2, 0) is 0 Å². The Morgan fingerprint density at radius 1 is 1.09 bits per heavy atom. The highest BCUT2D eigenvalue weighted by Crippen LogP contribution is 2.35. The van der Waals surface area contributed by atoms with Crippen LogP contribution in [0, 0.1) is 0 Å². The predicted molar refractivity (Wildman–Crippen MR) is 138 cm³/mol. The molecule has 0 radical (unpaired) electrons. The number of benzene rings is 2. The Bertz CT molecular complexity index is 1150. The number of nitrogens with one attached hydrogen (secondary N) is 1. The van der Waals surface area contributed by atoms with Crippen molar-refractivity contribution in [1.82, 2.24) is 4.90 Å². The quantitative estimate of drug-likeness (QED) is 0.423. The molecule has 1 aliphatic heterocycles. The zero-order valence-corrected chi connectivity index (χ0v) is 19.7. The Kier molecular flexibility index (Phi) is 7.22. The van der Waals surface area contributed by atoms with E-state index in [1.807, 2.05) is 43.3 Å². The van der Waals surface area contributed by atoms with E-state index in [1.165, 1.54) is 0 Å². The third kappa shape index (κ3) is 5.30. The highest BCUT2D eigenvalue weighted by molar-refractivity contribution is 6.31. The Labute approximate surface area is 196 Å². The molecule has 2 aromatic carbocycles. The molecule has 164 valence electrons. The first kappa shape index (κ1) is 23.4. The van der Waals surface area contributed by atoms with Crippen molar-refractivity contribution < 1.29 is 4.79 Å². The molecule has 0 bridgehead atoms. The summed E-state index contributed by atoms with van der Waals surface area (Å²) in [5, 5.41) is 3.97. The Morgan fingerprint density at radius 2 is 1.78 bits per heavy atom. The average molecular weight is 445 g/mol. The molecule has 0 amide bonds. The van der Waals surface area contributed by atoms with Crippen molar-refractivity contribution in [3.63, 3.8) is 0 Å². The molecule has 32 heavy (non-hydrogen) atoms. The second-order valence-corrected chi connectivity index (χ2v) is 8.45. The topological polar surface area (TPSA) is 32.3 Å². The van der Waals surface area contributed by atoms with Crippen LogP contribution in [-0.4, -0.2) is 17.2 Å². The number of rotatable bonds is 8. The molecule has 1 N–H and O–H groups in total. The smallest absolute Gasteiger partial charge is 0.160 e. The van der Waals surface area contributed by atoms with Crippen molar-refractivity contribution in [2.75, 3.05) is 11.9 Å². The third-order valence-electron chi connectivity index (χ3n) is 5.43. The van der Waals surface area contributed by atoms with E-state index in [4.69, 9.17) is 11.6 Å². The van der Waals surface area contributed by atoms with Crippen molar-refractivity contribution >= 4 is 34.2 Å². The number of Topliss-reactive ketones (excluding diaryl/α,β-unsaturated/α-hetero) is 1. The van der Waals surface area contributed by atoms with Gasteiger partial charge in [0.2, 0.25) is 0 Å². The van der Waals surface area contributed by atoms with Gasteiger partial charge in [-0.25, -0.2) is 0 Å². The highest BCUT2D eigenvalue weighted by atomic mass is 35.5. The van der Waals surface area contributed by atoms with Gasteiger partial charge in [0.25, 0.3) is 0 Å². The molecule has 3 nitrogen and oxygen atoms in total. The summed E-state index contributed by atoms with van der Waals surface area (Å²) in [7, 11) is 0. The van der Waals surface area contributed by atoms with E-state index in [1.54, 1.807) is 19.1 Å². The minimum atomic E-state index is 0.0105. The molecule has 0 aromatic heterocycles. The molecule has 0 saturated carbocycles. The van der Waals surface area contributed by atoms with E-state index >= 15 is 0 Å². The summed E-state index contributed by atoms with van der Waals surface area (Å²) in [4.78, 5) is 14.3. The van der Waals surface area contributed by atoms with Gasteiger partial charge < -0.3 is 10.2 Å². The first-order valence-corrected chi connectivity index (χ1v) is 11.0. The van der Waals surface area contributed by atoms with E-state index in [-0.39, 0.29) is 5.78 Å². The molecule has 1 heterocycles. The number of allylic oxidation sites excluding steroid dienone is 4. The minimum absolute atomic E-state index is 0.0105. The fourth-order valence-corrected chi connectivity index (χ4v) is 3.87. The first-order valence-electron chi connectivity index (χ1n) is 10.6. The molecule has 2 aromatic rings. The van der Waals surface area contributed by atoms with Gasteiger partial charge in [-0.2, -0.15) is 0 Å². The van der Waals surface area contributed by atoms with Crippen LogP contribution in [0.2, 0.25) is 5.02 Å². The molecule has 0 atom stereocenters. The summed E-state index contributed by atoms with van der Waals surface area (Å²) in [5.41, 5.74) is 8.40. The number of halogens is 1. The van der Waals surface area contributed by atoms with Crippen LogP contribution in [0.25, 0.3) is 11.1 Å². The minimum Gasteiger partial charge on any atom is -0.358 e. The lowest BCUT2D eigenvalue weighted by atomic mass is 9.89. The molecular formula is C28H29ClN2O. The van der Waals surface area contributed by atoms with Gasteiger partial charge in [-0.1, -0.05) is 56.0 Å². The lowest BCUT2D eigenvalue weighted by molar-refractivity contribution is 0.101. The van der Waals surface area contributed by atoms with Crippen LogP contribution < -0.4 is 5.32 Å². The number of carbonyl (C=O) groups excluding carboxylic acids is 1. The van der Waals surface area contributed by atoms with Crippen LogP contribution in [0.5, 0.6) is 0 Å². The summed E-state index contributed by atoms with van der Waals surface area (Å²) in [6, 6.07) is 13.5. The fourth-order valence-electron chi connectivity index (χ4n) is 3.70. The lowest BCUT2D eigenvalue weighted by Gasteiger charge is -2.30. The molecular weight excluding hydrogens is 416 g/mol. The predicted octanol–water partition coefficient (Wildman–Crippen LogP) is 7.71. The molecule has 0 fully saturated rings. The van der Waals surface area contributed by atoms with Gasteiger partial charge in [0.15, 0.2) is 5.78 Å². The number of ketones is 1. The van der Waals surface area contributed by atoms with Gasteiger partial charge in [-0.3, -0.25) is 4.79 Å². The van der Waals surface area contributed by atoms with E-state index in [9.17, 15) is 4.79 Å². The normalized spacial score (nSPS) is 13.4. The van der Waals surface area contributed by atoms with Crippen LogP contribution in [0.15, 0.2) is 91.4 Å². The Morgan fingerprint density at radius 3 is 2.38 bits per heavy atom. The number of carbonyl (C=O) groups is 1. The van der Waals surface area contributed by atoms with Crippen molar-refractivity contribution in [2.24, 2.45) is 0 Å². The van der Waals surface area contributed by atoms with E-state index in [0.717, 1.165) is 51.3 Å². The summed E-state index contributed by atoms with van der Waals surface area (Å²) >= 11 is 6.25. The van der Waals surface area contributed by atoms with Crippen molar-refractivity contribution in [2.45, 2.75) is 27.2 Å². The van der Waals surface area contributed by atoms with Gasteiger partial charge in [0, 0.05) is 33.9 Å². The summed E-state index contributed by atoms with van der Waals surface area (Å²) in [6.07, 6.45) is 4.91. The number of hydrogen-bond donors (Lipinski definition) is 1. The van der Waals surface area contributed by atoms with Crippen LogP contribution >= 0.6 is 11.6 Å². The largest absolute Gasteiger partial charge is 0.358 e. The average Bonchev–Trinajstić information content (AvgIpc) is 2.74. The van der Waals surface area contributed by atoms with E-state index < -0.39 is 0 Å². The molecule has 4 heteroatoms. The van der Waals surface area contributed by atoms with Crippen LogP contribution in [0.4, 0.5) is 5.69 Å². The molecule has 0 unspecified atom stereocenters. The summed E-state index contributed by atoms with van der Waals surface area (Å²) in [6.45, 7) is 18.6. The van der Waals surface area contributed by atoms with Crippen LogP contribution in [0.3, 0.4) is 0 Å². The molecule has 0 aliphatic carbocycles. The number of nitrogens with zero attached hydrogens (tertiary/aromatic N) is 1. The van der Waals surface area contributed by atoms with Gasteiger partial charge in [-0.05, 0) is 78.9 Å². The van der Waals surface area contributed by atoms with Gasteiger partial charge in [0.1, 0.15) is 0 Å². The monoisotopic (exact) mass is 444 g/mol. The lowest BCUT2D eigenvalue weighted by Crippen LogP contribution is -2.24. The van der Waals surface area contributed by atoms with Crippen molar-refractivity contribution in [1.29, 1.82) is 0 Å². The molecule has 3 rings (SSSR count). The number of hydrogen-bond acceptors (Lipinski definition) is 3. The molecule has 1 aliphatic rings. The van der Waals surface area contributed by atoms with Crippen LogP contribution in [0.1, 0.15) is 48.7 Å². The second kappa shape index (κ2) is 9.88. The van der Waals surface area contributed by atoms with Crippen molar-refractivity contribution in [3.8, 4) is 0 Å². The Hall–Kier alpha value is -3.30. The van der Waals surface area contributed by atoms with Gasteiger partial charge in [0.05, 0.1) is 6.54 Å². The summed E-state index contributed by atoms with van der Waals surface area (Å²) in [5.74, 6) is 0.0105. The van der Waals surface area contributed by atoms with E-state index in [0.29, 0.717) is 17.1 Å². The SMILES string of the molecule is C=C(CN1C=C(CC)C(c2cc(Cl)ccc2C(C)=O)=CC1=C)Nc1ccc(C(=C)C)cc1. The third-order valence-corrected chi connectivity index (χ3v) is 5.66. The van der Waals surface area contributed by atoms with Gasteiger partial charge >= 0.3 is 0 Å².